The van der Waals surface area contributed by atoms with Crippen molar-refractivity contribution in [3.63, 3.8) is 0 Å². The van der Waals surface area contributed by atoms with Gasteiger partial charge in [-0.3, -0.25) is 9.59 Å². The molecule has 0 bridgehead atoms. The number of rotatable bonds is 7. The molecule has 0 radical (unpaired) electrons. The second-order valence-electron chi connectivity index (χ2n) is 10.2. The maximum atomic E-state index is 13.9. The first-order valence-corrected chi connectivity index (χ1v) is 11.8. The molecule has 3 heterocycles. The Labute approximate surface area is 207 Å². The molecule has 0 atom stereocenters. The van der Waals surface area contributed by atoms with Crippen molar-refractivity contribution in [1.82, 2.24) is 14.9 Å². The van der Waals surface area contributed by atoms with Crippen molar-refractivity contribution in [2.24, 2.45) is 5.92 Å². The molecule has 1 aliphatic heterocycles. The lowest BCUT2D eigenvalue weighted by Crippen LogP contribution is -2.41. The van der Waals surface area contributed by atoms with E-state index >= 15 is 0 Å². The Balaban J connectivity index is 1.35. The fourth-order valence-corrected chi connectivity index (χ4v) is 4.14. The summed E-state index contributed by atoms with van der Waals surface area (Å²) in [6, 6.07) is 6.11. The Morgan fingerprint density at radius 2 is 2.03 bits per heavy atom. The standard InChI is InChI=1S/C26H27F2N5O3/c1-26(2,3)33-12-16-8-19(18(22(27)28)10-17(16)25(33)35)31-23(34)20-13-36-24(32-20)15-6-7-29-21(9-15)30-11-14-4-5-14/h6-10,13-14,22H,4-5,11-12H2,1-3H3,(H,29,30)(H,31,34). The van der Waals surface area contributed by atoms with E-state index in [2.05, 4.69) is 20.6 Å². The average molecular weight is 496 g/mol. The van der Waals surface area contributed by atoms with E-state index in [0.29, 0.717) is 22.9 Å². The molecule has 2 N–H and O–H groups in total. The number of amides is 2. The largest absolute Gasteiger partial charge is 0.444 e. The third kappa shape index (κ3) is 4.80. The van der Waals surface area contributed by atoms with Crippen LogP contribution in [-0.4, -0.2) is 38.8 Å². The Hall–Kier alpha value is -3.82. The highest BCUT2D eigenvalue weighted by atomic mass is 19.3. The number of oxazole rings is 1. The lowest BCUT2D eigenvalue weighted by Gasteiger charge is -2.31. The van der Waals surface area contributed by atoms with E-state index in [9.17, 15) is 18.4 Å². The predicted octanol–water partition coefficient (Wildman–Crippen LogP) is 5.50. The molecule has 0 unspecified atom stereocenters. The molecule has 2 aromatic heterocycles. The number of anilines is 2. The lowest BCUT2D eigenvalue weighted by molar-refractivity contribution is 0.0609. The number of halogens is 2. The topological polar surface area (TPSA) is 100 Å². The number of pyridine rings is 1. The fraction of sp³-hybridized carbons (Fsp3) is 0.385. The van der Waals surface area contributed by atoms with Crippen molar-refractivity contribution in [2.45, 2.75) is 52.1 Å². The third-order valence-corrected chi connectivity index (χ3v) is 6.38. The van der Waals surface area contributed by atoms with E-state index in [1.54, 1.807) is 23.2 Å². The van der Waals surface area contributed by atoms with Crippen molar-refractivity contribution < 1.29 is 22.8 Å². The van der Waals surface area contributed by atoms with E-state index < -0.39 is 23.4 Å². The SMILES string of the molecule is CC(C)(C)N1Cc2cc(NC(=O)c3coc(-c4ccnc(NCC5CC5)c4)n3)c(C(F)F)cc2C1=O. The molecule has 5 rings (SSSR count). The molecular weight excluding hydrogens is 468 g/mol. The third-order valence-electron chi connectivity index (χ3n) is 6.38. The molecule has 3 aromatic rings. The number of alkyl halides is 2. The second kappa shape index (κ2) is 9.00. The van der Waals surface area contributed by atoms with Gasteiger partial charge in [0.25, 0.3) is 18.2 Å². The quantitative estimate of drug-likeness (QED) is 0.449. The van der Waals surface area contributed by atoms with Crippen molar-refractivity contribution in [2.75, 3.05) is 17.2 Å². The van der Waals surface area contributed by atoms with Gasteiger partial charge in [0.05, 0.1) is 5.69 Å². The van der Waals surface area contributed by atoms with Crippen LogP contribution in [0.3, 0.4) is 0 Å². The number of fused-ring (bicyclic) bond motifs is 1. The second-order valence-corrected chi connectivity index (χ2v) is 10.2. The summed E-state index contributed by atoms with van der Waals surface area (Å²) in [6.45, 7) is 6.76. The predicted molar refractivity (Wildman–Crippen MR) is 130 cm³/mol. The normalized spacial score (nSPS) is 15.4. The van der Waals surface area contributed by atoms with Gasteiger partial charge in [-0.15, -0.1) is 0 Å². The Morgan fingerprint density at radius 3 is 2.72 bits per heavy atom. The van der Waals surface area contributed by atoms with Gasteiger partial charge in [-0.2, -0.15) is 0 Å². The number of benzene rings is 1. The van der Waals surface area contributed by atoms with Crippen LogP contribution in [0.1, 0.15) is 72.0 Å². The van der Waals surface area contributed by atoms with Crippen LogP contribution >= 0.6 is 0 Å². The van der Waals surface area contributed by atoms with Crippen molar-refractivity contribution >= 4 is 23.3 Å². The van der Waals surface area contributed by atoms with Crippen LogP contribution in [-0.2, 0) is 6.54 Å². The van der Waals surface area contributed by atoms with E-state index in [1.165, 1.54) is 31.2 Å². The first-order chi connectivity index (χ1) is 17.1. The summed E-state index contributed by atoms with van der Waals surface area (Å²) < 4.78 is 33.2. The highest BCUT2D eigenvalue weighted by molar-refractivity contribution is 6.05. The molecule has 36 heavy (non-hydrogen) atoms. The van der Waals surface area contributed by atoms with Gasteiger partial charge < -0.3 is 20.0 Å². The summed E-state index contributed by atoms with van der Waals surface area (Å²) in [5.41, 5.74) is 0.440. The summed E-state index contributed by atoms with van der Waals surface area (Å²) >= 11 is 0. The summed E-state index contributed by atoms with van der Waals surface area (Å²) in [5.74, 6) is 0.583. The van der Waals surface area contributed by atoms with E-state index in [1.807, 2.05) is 20.8 Å². The van der Waals surface area contributed by atoms with Gasteiger partial charge in [0.1, 0.15) is 12.1 Å². The van der Waals surface area contributed by atoms with E-state index in [4.69, 9.17) is 4.42 Å². The van der Waals surface area contributed by atoms with Crippen LogP contribution in [0.2, 0.25) is 0 Å². The molecule has 1 fully saturated rings. The van der Waals surface area contributed by atoms with Gasteiger partial charge in [0.2, 0.25) is 5.89 Å². The van der Waals surface area contributed by atoms with Gasteiger partial charge in [-0.05, 0) is 69.4 Å². The van der Waals surface area contributed by atoms with Gasteiger partial charge >= 0.3 is 0 Å². The molecule has 2 amide bonds. The van der Waals surface area contributed by atoms with Gasteiger partial charge in [-0.1, -0.05) is 0 Å². The van der Waals surface area contributed by atoms with Crippen LogP contribution in [0.25, 0.3) is 11.5 Å². The highest BCUT2D eigenvalue weighted by Crippen LogP contribution is 2.36. The number of carbonyl (C=O) groups is 2. The molecule has 2 aliphatic rings. The summed E-state index contributed by atoms with van der Waals surface area (Å²) in [5, 5.41) is 5.80. The zero-order valence-corrected chi connectivity index (χ0v) is 20.3. The summed E-state index contributed by atoms with van der Waals surface area (Å²) in [7, 11) is 0. The number of nitrogens with one attached hydrogen (secondary N) is 2. The van der Waals surface area contributed by atoms with E-state index in [0.717, 1.165) is 6.54 Å². The maximum absolute atomic E-state index is 13.9. The molecule has 188 valence electrons. The first kappa shape index (κ1) is 23.9. The smallest absolute Gasteiger partial charge is 0.277 e. The maximum Gasteiger partial charge on any atom is 0.277 e. The molecule has 8 nitrogen and oxygen atoms in total. The minimum Gasteiger partial charge on any atom is -0.444 e. The molecular formula is C26H27F2N5O3. The lowest BCUT2D eigenvalue weighted by atomic mass is 10.0. The van der Waals surface area contributed by atoms with Crippen molar-refractivity contribution in [3.05, 3.63) is 59.1 Å². The van der Waals surface area contributed by atoms with Gasteiger partial charge in [0, 0.05) is 41.5 Å². The Kier molecular flexibility index (Phi) is 5.97. The number of nitrogens with zero attached hydrogens (tertiary/aromatic N) is 3. The van der Waals surface area contributed by atoms with Crippen LogP contribution in [0.4, 0.5) is 20.3 Å². The summed E-state index contributed by atoms with van der Waals surface area (Å²) in [4.78, 5) is 35.8. The number of carbonyl (C=O) groups excluding carboxylic acids is 2. The molecule has 1 saturated carbocycles. The van der Waals surface area contributed by atoms with Gasteiger partial charge in [0.15, 0.2) is 5.69 Å². The molecule has 10 heteroatoms. The molecule has 0 spiro atoms. The van der Waals surface area contributed by atoms with Crippen LogP contribution < -0.4 is 10.6 Å². The van der Waals surface area contributed by atoms with Crippen LogP contribution in [0.15, 0.2) is 41.1 Å². The first-order valence-electron chi connectivity index (χ1n) is 11.8. The fourth-order valence-electron chi connectivity index (χ4n) is 4.14. The highest BCUT2D eigenvalue weighted by Gasteiger charge is 2.36. The van der Waals surface area contributed by atoms with Crippen LogP contribution in [0.5, 0.6) is 0 Å². The number of hydrogen-bond donors (Lipinski definition) is 2. The van der Waals surface area contributed by atoms with Crippen molar-refractivity contribution in [3.8, 4) is 11.5 Å². The Morgan fingerprint density at radius 1 is 1.25 bits per heavy atom. The number of hydrogen-bond acceptors (Lipinski definition) is 6. The Bertz CT molecular complexity index is 1330. The number of aromatic nitrogens is 2. The minimum atomic E-state index is -2.88. The molecule has 1 aliphatic carbocycles. The zero-order chi connectivity index (χ0) is 25.6. The summed E-state index contributed by atoms with van der Waals surface area (Å²) in [6.07, 6.45) is 2.35. The van der Waals surface area contributed by atoms with Crippen LogP contribution in [0, 0.1) is 5.92 Å². The average Bonchev–Trinajstić information content (AvgIpc) is 3.41. The van der Waals surface area contributed by atoms with Gasteiger partial charge in [-0.25, -0.2) is 18.7 Å². The molecule has 0 saturated heterocycles. The van der Waals surface area contributed by atoms with Crippen molar-refractivity contribution in [1.29, 1.82) is 0 Å². The monoisotopic (exact) mass is 495 g/mol. The minimum absolute atomic E-state index is 0.0533. The van der Waals surface area contributed by atoms with E-state index in [-0.39, 0.29) is 35.3 Å². The molecule has 1 aromatic carbocycles. The zero-order valence-electron chi connectivity index (χ0n) is 20.3.